The summed E-state index contributed by atoms with van der Waals surface area (Å²) in [7, 11) is 0. The van der Waals surface area contributed by atoms with Crippen molar-refractivity contribution < 1.29 is 22.8 Å². The topological polar surface area (TPSA) is 58.2 Å². The Morgan fingerprint density at radius 3 is 2.24 bits per heavy atom. The number of alkyl halides is 3. The number of nitrogens with one attached hydrogen (secondary N) is 2. The summed E-state index contributed by atoms with van der Waals surface area (Å²) in [6, 6.07) is 16.2. The number of anilines is 2. The van der Waals surface area contributed by atoms with Crippen molar-refractivity contribution in [1.82, 2.24) is 0 Å². The summed E-state index contributed by atoms with van der Waals surface area (Å²) in [4.78, 5) is 25.1. The monoisotopic (exact) mass is 418 g/mol. The van der Waals surface area contributed by atoms with Crippen LogP contribution in [0.1, 0.15) is 21.5 Å². The van der Waals surface area contributed by atoms with Crippen molar-refractivity contribution in [3.05, 3.63) is 94.5 Å². The van der Waals surface area contributed by atoms with E-state index in [1.165, 1.54) is 30.3 Å². The molecular formula is C21H14ClF3N2O2. The molecule has 0 fully saturated rings. The van der Waals surface area contributed by atoms with Crippen LogP contribution in [0.25, 0.3) is 0 Å². The second-order valence-electron chi connectivity index (χ2n) is 6.04. The first-order valence-electron chi connectivity index (χ1n) is 8.38. The highest BCUT2D eigenvalue weighted by molar-refractivity contribution is 6.31. The van der Waals surface area contributed by atoms with Gasteiger partial charge in [0.15, 0.2) is 5.78 Å². The molecule has 8 heteroatoms. The lowest BCUT2D eigenvalue weighted by molar-refractivity contribution is -0.137. The molecule has 3 aromatic carbocycles. The van der Waals surface area contributed by atoms with Crippen molar-refractivity contribution in [3.8, 4) is 0 Å². The van der Waals surface area contributed by atoms with Crippen molar-refractivity contribution >= 4 is 34.8 Å². The van der Waals surface area contributed by atoms with Gasteiger partial charge < -0.3 is 10.6 Å². The van der Waals surface area contributed by atoms with Crippen molar-refractivity contribution in [2.24, 2.45) is 0 Å². The van der Waals surface area contributed by atoms with E-state index < -0.39 is 17.8 Å². The molecule has 0 spiro atoms. The largest absolute Gasteiger partial charge is 0.416 e. The average molecular weight is 419 g/mol. The third kappa shape index (κ3) is 5.14. The molecule has 148 valence electrons. The number of rotatable bonds is 4. The van der Waals surface area contributed by atoms with Crippen LogP contribution in [0.15, 0.2) is 72.8 Å². The number of hydrogen-bond acceptors (Lipinski definition) is 2. The molecular weight excluding hydrogens is 405 g/mol. The molecule has 0 saturated carbocycles. The van der Waals surface area contributed by atoms with Crippen LogP contribution in [0.2, 0.25) is 5.02 Å². The number of ketones is 1. The maximum atomic E-state index is 12.8. The molecule has 0 aliphatic rings. The number of carbonyl (C=O) groups is 2. The highest BCUT2D eigenvalue weighted by atomic mass is 35.5. The summed E-state index contributed by atoms with van der Waals surface area (Å²) in [6.45, 7) is 0. The molecule has 4 nitrogen and oxygen atoms in total. The molecule has 3 rings (SSSR count). The quantitative estimate of drug-likeness (QED) is 0.493. The van der Waals surface area contributed by atoms with Crippen LogP contribution in [-0.2, 0) is 6.18 Å². The van der Waals surface area contributed by atoms with E-state index in [4.69, 9.17) is 11.6 Å². The van der Waals surface area contributed by atoms with Crippen LogP contribution < -0.4 is 10.6 Å². The minimum atomic E-state index is -4.53. The fourth-order valence-corrected chi connectivity index (χ4v) is 2.79. The second-order valence-corrected chi connectivity index (χ2v) is 6.48. The summed E-state index contributed by atoms with van der Waals surface area (Å²) < 4.78 is 38.4. The van der Waals surface area contributed by atoms with Crippen molar-refractivity contribution in [2.75, 3.05) is 10.6 Å². The van der Waals surface area contributed by atoms with Gasteiger partial charge >= 0.3 is 12.2 Å². The Morgan fingerprint density at radius 2 is 1.55 bits per heavy atom. The second kappa shape index (κ2) is 8.36. The highest BCUT2D eigenvalue weighted by Gasteiger charge is 2.30. The average Bonchev–Trinajstić information content (AvgIpc) is 2.69. The van der Waals surface area contributed by atoms with E-state index in [2.05, 4.69) is 10.6 Å². The Kier molecular flexibility index (Phi) is 5.89. The molecule has 0 radical (unpaired) electrons. The summed E-state index contributed by atoms with van der Waals surface area (Å²) >= 11 is 5.99. The molecule has 0 atom stereocenters. The maximum Gasteiger partial charge on any atom is 0.416 e. The van der Waals surface area contributed by atoms with Gasteiger partial charge in [0.1, 0.15) is 0 Å². The van der Waals surface area contributed by atoms with Crippen LogP contribution in [0.5, 0.6) is 0 Å². The zero-order valence-corrected chi connectivity index (χ0v) is 15.5. The van der Waals surface area contributed by atoms with Gasteiger partial charge in [0.2, 0.25) is 0 Å². The zero-order valence-electron chi connectivity index (χ0n) is 14.8. The van der Waals surface area contributed by atoms with Gasteiger partial charge in [-0.05, 0) is 36.4 Å². The Labute approximate surface area is 169 Å². The van der Waals surface area contributed by atoms with E-state index in [9.17, 15) is 22.8 Å². The first-order chi connectivity index (χ1) is 13.7. The summed E-state index contributed by atoms with van der Waals surface area (Å²) in [5.41, 5.74) is -0.198. The lowest BCUT2D eigenvalue weighted by atomic mass is 10.0. The van der Waals surface area contributed by atoms with Gasteiger partial charge in [0.05, 0.1) is 11.3 Å². The SMILES string of the molecule is O=C(Nc1cccc(C(F)(F)F)c1)Nc1ccc(Cl)cc1C(=O)c1ccccc1. The number of halogens is 4. The fourth-order valence-electron chi connectivity index (χ4n) is 2.62. The van der Waals surface area contributed by atoms with E-state index in [-0.39, 0.29) is 22.7 Å². The van der Waals surface area contributed by atoms with E-state index >= 15 is 0 Å². The predicted octanol–water partition coefficient (Wildman–Crippen LogP) is 6.23. The smallest absolute Gasteiger partial charge is 0.308 e. The number of carbonyl (C=O) groups excluding carboxylic acids is 2. The summed E-state index contributed by atoms with van der Waals surface area (Å²) in [5.74, 6) is -0.359. The lowest BCUT2D eigenvalue weighted by Crippen LogP contribution is -2.21. The van der Waals surface area contributed by atoms with Crippen LogP contribution in [0.4, 0.5) is 29.3 Å². The predicted molar refractivity (Wildman–Crippen MR) is 105 cm³/mol. The fraction of sp³-hybridized carbons (Fsp3) is 0.0476. The molecule has 0 aliphatic carbocycles. The Bertz CT molecular complexity index is 1050. The normalized spacial score (nSPS) is 11.0. The maximum absolute atomic E-state index is 12.8. The Hall–Kier alpha value is -3.32. The van der Waals surface area contributed by atoms with Gasteiger partial charge in [-0.15, -0.1) is 0 Å². The first kappa shape index (κ1) is 20.4. The van der Waals surface area contributed by atoms with E-state index in [1.807, 2.05) is 0 Å². The molecule has 0 aliphatic heterocycles. The lowest BCUT2D eigenvalue weighted by Gasteiger charge is -2.13. The minimum Gasteiger partial charge on any atom is -0.308 e. The number of urea groups is 1. The zero-order chi connectivity index (χ0) is 21.0. The van der Waals surface area contributed by atoms with Crippen LogP contribution in [-0.4, -0.2) is 11.8 Å². The van der Waals surface area contributed by atoms with Crippen LogP contribution >= 0.6 is 11.6 Å². The van der Waals surface area contributed by atoms with Crippen LogP contribution in [0, 0.1) is 0 Å². The summed E-state index contributed by atoms with van der Waals surface area (Å²) in [5, 5.41) is 5.11. The molecule has 0 bridgehead atoms. The standard InChI is InChI=1S/C21H14ClF3N2O2/c22-15-9-10-18(17(12-15)19(28)13-5-2-1-3-6-13)27-20(29)26-16-8-4-7-14(11-16)21(23,24)25/h1-12H,(H2,26,27,29). The van der Waals surface area contributed by atoms with Gasteiger partial charge in [-0.1, -0.05) is 48.0 Å². The Morgan fingerprint density at radius 1 is 0.828 bits per heavy atom. The van der Waals surface area contributed by atoms with Gasteiger partial charge in [0, 0.05) is 21.8 Å². The molecule has 2 N–H and O–H groups in total. The van der Waals surface area contributed by atoms with Gasteiger partial charge in [-0.25, -0.2) is 4.79 Å². The van der Waals surface area contributed by atoms with Crippen molar-refractivity contribution in [1.29, 1.82) is 0 Å². The highest BCUT2D eigenvalue weighted by Crippen LogP contribution is 2.31. The van der Waals surface area contributed by atoms with E-state index in [1.54, 1.807) is 30.3 Å². The molecule has 2 amide bonds. The minimum absolute atomic E-state index is 0.0396. The van der Waals surface area contributed by atoms with E-state index in [0.29, 0.717) is 10.6 Å². The molecule has 0 heterocycles. The van der Waals surface area contributed by atoms with Gasteiger partial charge in [-0.3, -0.25) is 4.79 Å². The van der Waals surface area contributed by atoms with Crippen LogP contribution in [0.3, 0.4) is 0 Å². The number of hydrogen-bond donors (Lipinski definition) is 2. The molecule has 29 heavy (non-hydrogen) atoms. The molecule has 3 aromatic rings. The molecule has 0 saturated heterocycles. The third-order valence-corrected chi connectivity index (χ3v) is 4.19. The number of amides is 2. The molecule has 0 unspecified atom stereocenters. The van der Waals surface area contributed by atoms with E-state index in [0.717, 1.165) is 12.1 Å². The first-order valence-corrected chi connectivity index (χ1v) is 8.76. The number of benzene rings is 3. The van der Waals surface area contributed by atoms with Crippen molar-refractivity contribution in [3.63, 3.8) is 0 Å². The van der Waals surface area contributed by atoms with Gasteiger partial charge in [-0.2, -0.15) is 13.2 Å². The third-order valence-electron chi connectivity index (χ3n) is 3.96. The van der Waals surface area contributed by atoms with Gasteiger partial charge in [0.25, 0.3) is 0 Å². The Balaban J connectivity index is 1.82. The van der Waals surface area contributed by atoms with Crippen molar-refractivity contribution in [2.45, 2.75) is 6.18 Å². The summed E-state index contributed by atoms with van der Waals surface area (Å²) in [6.07, 6.45) is -4.53. The molecule has 0 aromatic heterocycles.